The molecule has 1 saturated heterocycles. The maximum atomic E-state index is 12.7. The number of rotatable bonds is 4. The first-order valence-electron chi connectivity index (χ1n) is 9.72. The maximum Gasteiger partial charge on any atom is 0.258 e. The minimum Gasteiger partial charge on any atom is -0.336 e. The van der Waals surface area contributed by atoms with E-state index in [1.165, 1.54) is 5.56 Å². The Balaban J connectivity index is 1.39. The van der Waals surface area contributed by atoms with E-state index in [4.69, 9.17) is 0 Å². The minimum atomic E-state index is -0.107. The normalized spacial score (nSPS) is 15.1. The highest BCUT2D eigenvalue weighted by atomic mass is 16.2. The van der Waals surface area contributed by atoms with Crippen LogP contribution in [0.2, 0.25) is 0 Å². The molecule has 1 aromatic heterocycles. The highest BCUT2D eigenvalue weighted by Crippen LogP contribution is 2.13. The fourth-order valence-electron chi connectivity index (χ4n) is 3.60. The van der Waals surface area contributed by atoms with Gasteiger partial charge >= 0.3 is 0 Å². The number of nitrogens with zero attached hydrogens (tertiary/aromatic N) is 3. The number of H-pyrrole nitrogens is 1. The quantitative estimate of drug-likeness (QED) is 0.759. The van der Waals surface area contributed by atoms with Gasteiger partial charge in [-0.15, -0.1) is 0 Å². The largest absolute Gasteiger partial charge is 0.336 e. The number of aromatic amines is 1. The Hall–Kier alpha value is -2.99. The van der Waals surface area contributed by atoms with Crippen LogP contribution in [0.25, 0.3) is 10.9 Å². The molecule has 1 N–H and O–H groups in total. The van der Waals surface area contributed by atoms with Crippen LogP contribution in [0.15, 0.2) is 53.3 Å². The summed E-state index contributed by atoms with van der Waals surface area (Å²) in [5, 5.41) is 0.607. The summed E-state index contributed by atoms with van der Waals surface area (Å²) in [6, 6.07) is 15.2. The van der Waals surface area contributed by atoms with Gasteiger partial charge in [-0.3, -0.25) is 14.5 Å². The van der Waals surface area contributed by atoms with Crippen molar-refractivity contribution in [1.82, 2.24) is 19.8 Å². The summed E-state index contributed by atoms with van der Waals surface area (Å²) in [5.41, 5.74) is 2.58. The van der Waals surface area contributed by atoms with Crippen LogP contribution in [-0.2, 0) is 13.0 Å². The summed E-state index contributed by atoms with van der Waals surface area (Å²) in [7, 11) is 0. The molecule has 6 heteroatoms. The molecule has 0 atom stereocenters. The second kappa shape index (κ2) is 7.94. The number of benzene rings is 2. The second-order valence-corrected chi connectivity index (χ2v) is 7.15. The molecular formula is C22H24N4O2. The van der Waals surface area contributed by atoms with Crippen molar-refractivity contribution < 1.29 is 4.79 Å². The SMILES string of the molecule is CCc1ccc(C(=O)N2CCN(Cc3nc4ccccc4c(=O)[nH]3)CC2)cc1. The number of aromatic nitrogens is 2. The van der Waals surface area contributed by atoms with Crippen LogP contribution in [0, 0.1) is 0 Å². The molecule has 0 radical (unpaired) electrons. The molecule has 28 heavy (non-hydrogen) atoms. The predicted octanol–water partition coefficient (Wildman–Crippen LogP) is 2.44. The average Bonchev–Trinajstić information content (AvgIpc) is 2.74. The molecule has 1 aliphatic heterocycles. The lowest BCUT2D eigenvalue weighted by Gasteiger charge is -2.34. The lowest BCUT2D eigenvalue weighted by Crippen LogP contribution is -2.48. The van der Waals surface area contributed by atoms with E-state index in [2.05, 4.69) is 21.8 Å². The van der Waals surface area contributed by atoms with Crippen LogP contribution in [0.4, 0.5) is 0 Å². The molecule has 1 amide bonds. The highest BCUT2D eigenvalue weighted by Gasteiger charge is 2.22. The number of carbonyl (C=O) groups is 1. The van der Waals surface area contributed by atoms with Crippen molar-refractivity contribution in [3.05, 3.63) is 75.8 Å². The molecule has 3 aromatic rings. The number of hydrogen-bond donors (Lipinski definition) is 1. The van der Waals surface area contributed by atoms with Crippen LogP contribution >= 0.6 is 0 Å². The summed E-state index contributed by atoms with van der Waals surface area (Å²) >= 11 is 0. The first-order valence-corrected chi connectivity index (χ1v) is 9.72. The first kappa shape index (κ1) is 18.4. The number of carbonyl (C=O) groups excluding carboxylic acids is 1. The van der Waals surface area contributed by atoms with E-state index in [1.54, 1.807) is 6.07 Å². The third-order valence-corrected chi connectivity index (χ3v) is 5.30. The van der Waals surface area contributed by atoms with Crippen LogP contribution in [0.3, 0.4) is 0 Å². The Bertz CT molecular complexity index is 1030. The molecule has 4 rings (SSSR count). The molecule has 1 fully saturated rings. The summed E-state index contributed by atoms with van der Waals surface area (Å²) in [6.07, 6.45) is 0.970. The van der Waals surface area contributed by atoms with E-state index in [9.17, 15) is 9.59 Å². The van der Waals surface area contributed by atoms with E-state index < -0.39 is 0 Å². The molecule has 0 aliphatic carbocycles. The Kier molecular flexibility index (Phi) is 5.21. The van der Waals surface area contributed by atoms with Gasteiger partial charge in [0.15, 0.2) is 0 Å². The molecule has 0 spiro atoms. The zero-order valence-corrected chi connectivity index (χ0v) is 16.0. The number of aryl methyl sites for hydroxylation is 1. The molecule has 0 unspecified atom stereocenters. The van der Waals surface area contributed by atoms with Gasteiger partial charge in [0.1, 0.15) is 5.82 Å². The van der Waals surface area contributed by atoms with Gasteiger partial charge in [0.2, 0.25) is 0 Å². The lowest BCUT2D eigenvalue weighted by molar-refractivity contribution is 0.0625. The van der Waals surface area contributed by atoms with Crippen molar-refractivity contribution in [2.24, 2.45) is 0 Å². The predicted molar refractivity (Wildman–Crippen MR) is 109 cm³/mol. The van der Waals surface area contributed by atoms with Crippen molar-refractivity contribution in [3.8, 4) is 0 Å². The summed E-state index contributed by atoms with van der Waals surface area (Å²) in [5.74, 6) is 0.748. The summed E-state index contributed by atoms with van der Waals surface area (Å²) in [6.45, 7) is 5.55. The fraction of sp³-hybridized carbons (Fsp3) is 0.318. The zero-order valence-electron chi connectivity index (χ0n) is 16.0. The minimum absolute atomic E-state index is 0.0829. The number of nitrogens with one attached hydrogen (secondary N) is 1. The van der Waals surface area contributed by atoms with Crippen LogP contribution < -0.4 is 5.56 Å². The number of amides is 1. The Morgan fingerprint density at radius 2 is 1.75 bits per heavy atom. The van der Waals surface area contributed by atoms with Gasteiger partial charge in [-0.25, -0.2) is 4.98 Å². The van der Waals surface area contributed by atoms with E-state index in [1.807, 2.05) is 47.4 Å². The van der Waals surface area contributed by atoms with Crippen molar-refractivity contribution in [3.63, 3.8) is 0 Å². The highest BCUT2D eigenvalue weighted by molar-refractivity contribution is 5.94. The van der Waals surface area contributed by atoms with Gasteiger partial charge in [0.25, 0.3) is 11.5 Å². The Morgan fingerprint density at radius 3 is 2.46 bits per heavy atom. The third kappa shape index (κ3) is 3.82. The van der Waals surface area contributed by atoms with Crippen molar-refractivity contribution in [2.75, 3.05) is 26.2 Å². The summed E-state index contributed by atoms with van der Waals surface area (Å²) < 4.78 is 0. The van der Waals surface area contributed by atoms with Gasteiger partial charge in [0.05, 0.1) is 17.4 Å². The third-order valence-electron chi connectivity index (χ3n) is 5.30. The number of fused-ring (bicyclic) bond motifs is 1. The molecule has 6 nitrogen and oxygen atoms in total. The Labute approximate surface area is 163 Å². The number of hydrogen-bond acceptors (Lipinski definition) is 4. The van der Waals surface area contributed by atoms with E-state index in [0.29, 0.717) is 36.4 Å². The zero-order chi connectivity index (χ0) is 19.5. The second-order valence-electron chi connectivity index (χ2n) is 7.15. The lowest BCUT2D eigenvalue weighted by atomic mass is 10.1. The van der Waals surface area contributed by atoms with Crippen LogP contribution in [0.5, 0.6) is 0 Å². The molecule has 2 heterocycles. The van der Waals surface area contributed by atoms with E-state index >= 15 is 0 Å². The fourth-order valence-corrected chi connectivity index (χ4v) is 3.60. The standard InChI is InChI=1S/C22H24N4O2/c1-2-16-7-9-17(10-8-16)22(28)26-13-11-25(12-14-26)15-20-23-19-6-4-3-5-18(19)21(27)24-20/h3-10H,2,11-15H2,1H3,(H,23,24,27). The van der Waals surface area contributed by atoms with Crippen molar-refractivity contribution >= 4 is 16.8 Å². The molecule has 0 saturated carbocycles. The molecule has 0 bridgehead atoms. The van der Waals surface area contributed by atoms with Gasteiger partial charge in [-0.05, 0) is 36.2 Å². The first-order chi connectivity index (χ1) is 13.6. The topological polar surface area (TPSA) is 69.3 Å². The number of piperazine rings is 1. The number of para-hydroxylation sites is 1. The summed E-state index contributed by atoms with van der Waals surface area (Å²) in [4.78, 5) is 36.5. The van der Waals surface area contributed by atoms with Gasteiger partial charge < -0.3 is 9.88 Å². The van der Waals surface area contributed by atoms with Crippen molar-refractivity contribution in [2.45, 2.75) is 19.9 Å². The van der Waals surface area contributed by atoms with E-state index in [-0.39, 0.29) is 11.5 Å². The molecule has 2 aromatic carbocycles. The van der Waals surface area contributed by atoms with Gasteiger partial charge in [-0.1, -0.05) is 31.2 Å². The monoisotopic (exact) mass is 376 g/mol. The smallest absolute Gasteiger partial charge is 0.258 e. The Morgan fingerprint density at radius 1 is 1.04 bits per heavy atom. The average molecular weight is 376 g/mol. The van der Waals surface area contributed by atoms with Crippen LogP contribution in [-0.4, -0.2) is 51.9 Å². The van der Waals surface area contributed by atoms with Crippen molar-refractivity contribution in [1.29, 1.82) is 0 Å². The maximum absolute atomic E-state index is 12.7. The van der Waals surface area contributed by atoms with Gasteiger partial charge in [-0.2, -0.15) is 0 Å². The van der Waals surface area contributed by atoms with Crippen LogP contribution in [0.1, 0.15) is 28.7 Å². The van der Waals surface area contributed by atoms with Gasteiger partial charge in [0, 0.05) is 31.7 Å². The molecular weight excluding hydrogens is 352 g/mol. The molecule has 1 aliphatic rings. The van der Waals surface area contributed by atoms with E-state index in [0.717, 1.165) is 25.1 Å². The molecule has 144 valence electrons.